The van der Waals surface area contributed by atoms with Crippen molar-refractivity contribution < 1.29 is 0 Å². The maximum Gasteiger partial charge on any atom is 0.0378 e. The quantitative estimate of drug-likeness (QED) is 0.927. The molecule has 1 aliphatic rings. The number of nitrogens with zero attached hydrogens (tertiary/aromatic N) is 2. The molecule has 1 aromatic rings. The molecule has 3 nitrogen and oxygen atoms in total. The van der Waals surface area contributed by atoms with Crippen molar-refractivity contribution in [2.45, 2.75) is 31.8 Å². The minimum atomic E-state index is 0.0688. The van der Waals surface area contributed by atoms with E-state index < -0.39 is 0 Å². The van der Waals surface area contributed by atoms with Crippen molar-refractivity contribution in [3.8, 4) is 0 Å². The summed E-state index contributed by atoms with van der Waals surface area (Å²) in [5.41, 5.74) is 8.42. The summed E-state index contributed by atoms with van der Waals surface area (Å²) in [5, 5.41) is 0. The molecular weight excluding hydrogens is 302 g/mol. The predicted octanol–water partition coefficient (Wildman–Crippen LogP) is 3.00. The van der Waals surface area contributed by atoms with E-state index in [2.05, 4.69) is 58.0 Å². The Bertz CT molecular complexity index is 431. The Kier molecular flexibility index (Phi) is 4.87. The average Bonchev–Trinajstić information content (AvgIpc) is 2.38. The van der Waals surface area contributed by atoms with Crippen LogP contribution in [0.2, 0.25) is 0 Å². The molecule has 1 fully saturated rings. The molecule has 1 aromatic carbocycles. The SMILES string of the molecule is CC(N)c1ccc(N2CCCC(N(C)C)C2)cc1Br. The number of anilines is 1. The Balaban J connectivity index is 2.15. The first-order valence-electron chi connectivity index (χ1n) is 6.95. The number of rotatable bonds is 3. The summed E-state index contributed by atoms with van der Waals surface area (Å²) in [6.07, 6.45) is 2.55. The summed E-state index contributed by atoms with van der Waals surface area (Å²) >= 11 is 3.64. The van der Waals surface area contributed by atoms with Gasteiger partial charge in [0.15, 0.2) is 0 Å². The molecule has 2 atom stereocenters. The van der Waals surface area contributed by atoms with Crippen molar-refractivity contribution in [1.82, 2.24) is 4.90 Å². The Labute approximate surface area is 124 Å². The van der Waals surface area contributed by atoms with E-state index >= 15 is 0 Å². The van der Waals surface area contributed by atoms with Crippen molar-refractivity contribution in [1.29, 1.82) is 0 Å². The third kappa shape index (κ3) is 3.50. The Hall–Kier alpha value is -0.580. The molecule has 2 rings (SSSR count). The lowest BCUT2D eigenvalue weighted by Gasteiger charge is -2.37. The van der Waals surface area contributed by atoms with Gasteiger partial charge in [-0.15, -0.1) is 0 Å². The minimum Gasteiger partial charge on any atom is -0.370 e. The summed E-state index contributed by atoms with van der Waals surface area (Å²) < 4.78 is 1.12. The van der Waals surface area contributed by atoms with Crippen molar-refractivity contribution in [3.05, 3.63) is 28.2 Å². The number of halogens is 1. The molecule has 0 aromatic heterocycles. The highest BCUT2D eigenvalue weighted by atomic mass is 79.9. The molecule has 106 valence electrons. The van der Waals surface area contributed by atoms with Gasteiger partial charge in [0, 0.05) is 35.3 Å². The fourth-order valence-electron chi connectivity index (χ4n) is 2.69. The van der Waals surface area contributed by atoms with Crippen LogP contribution in [-0.4, -0.2) is 38.1 Å². The van der Waals surface area contributed by atoms with Crippen LogP contribution < -0.4 is 10.6 Å². The van der Waals surface area contributed by atoms with Gasteiger partial charge in [-0.1, -0.05) is 22.0 Å². The summed E-state index contributed by atoms with van der Waals surface area (Å²) in [4.78, 5) is 4.81. The Morgan fingerprint density at radius 1 is 1.42 bits per heavy atom. The van der Waals surface area contributed by atoms with Crippen LogP contribution in [0.5, 0.6) is 0 Å². The second kappa shape index (κ2) is 6.25. The third-order valence-electron chi connectivity index (χ3n) is 3.97. The molecule has 0 radical (unpaired) electrons. The van der Waals surface area contributed by atoms with Crippen molar-refractivity contribution in [3.63, 3.8) is 0 Å². The number of piperidine rings is 1. The van der Waals surface area contributed by atoms with Gasteiger partial charge >= 0.3 is 0 Å². The summed E-state index contributed by atoms with van der Waals surface area (Å²) in [6, 6.07) is 7.27. The first kappa shape index (κ1) is 14.8. The zero-order chi connectivity index (χ0) is 14.0. The third-order valence-corrected chi connectivity index (χ3v) is 4.65. The zero-order valence-electron chi connectivity index (χ0n) is 12.1. The van der Waals surface area contributed by atoms with E-state index in [-0.39, 0.29) is 6.04 Å². The van der Waals surface area contributed by atoms with Gasteiger partial charge in [-0.3, -0.25) is 0 Å². The lowest BCUT2D eigenvalue weighted by Crippen LogP contribution is -2.45. The highest BCUT2D eigenvalue weighted by Crippen LogP contribution is 2.29. The first-order valence-corrected chi connectivity index (χ1v) is 7.74. The molecule has 4 heteroatoms. The maximum atomic E-state index is 5.95. The van der Waals surface area contributed by atoms with Gasteiger partial charge < -0.3 is 15.5 Å². The van der Waals surface area contributed by atoms with Gasteiger partial charge in [0.25, 0.3) is 0 Å². The van der Waals surface area contributed by atoms with Gasteiger partial charge in [0.1, 0.15) is 0 Å². The van der Waals surface area contributed by atoms with E-state index in [1.165, 1.54) is 24.1 Å². The van der Waals surface area contributed by atoms with Crippen LogP contribution in [-0.2, 0) is 0 Å². The standard InChI is InChI=1S/C15H24BrN3/c1-11(17)14-7-6-12(9-15(14)16)19-8-4-5-13(10-19)18(2)3/h6-7,9,11,13H,4-5,8,10,17H2,1-3H3. The van der Waals surface area contributed by atoms with Crippen LogP contribution in [0.3, 0.4) is 0 Å². The van der Waals surface area contributed by atoms with E-state index in [9.17, 15) is 0 Å². The largest absolute Gasteiger partial charge is 0.370 e. The zero-order valence-corrected chi connectivity index (χ0v) is 13.7. The smallest absolute Gasteiger partial charge is 0.0378 e. The number of benzene rings is 1. The molecule has 2 N–H and O–H groups in total. The summed E-state index contributed by atoms with van der Waals surface area (Å²) in [5.74, 6) is 0. The van der Waals surface area contributed by atoms with Crippen LogP contribution >= 0.6 is 15.9 Å². The van der Waals surface area contributed by atoms with Crippen molar-refractivity contribution in [2.75, 3.05) is 32.1 Å². The van der Waals surface area contributed by atoms with Gasteiger partial charge in [-0.05, 0) is 51.6 Å². The molecule has 0 spiro atoms. The number of likely N-dealkylation sites (N-methyl/N-ethyl adjacent to an activating group) is 1. The molecule has 0 amide bonds. The highest BCUT2D eigenvalue weighted by Gasteiger charge is 2.22. The van der Waals surface area contributed by atoms with E-state index in [4.69, 9.17) is 5.73 Å². The van der Waals surface area contributed by atoms with Crippen LogP contribution in [0.15, 0.2) is 22.7 Å². The Morgan fingerprint density at radius 2 is 2.16 bits per heavy atom. The molecular formula is C15H24BrN3. The fraction of sp³-hybridized carbons (Fsp3) is 0.600. The van der Waals surface area contributed by atoms with Gasteiger partial charge in [0.2, 0.25) is 0 Å². The van der Waals surface area contributed by atoms with Crippen LogP contribution in [0, 0.1) is 0 Å². The van der Waals surface area contributed by atoms with Crippen LogP contribution in [0.25, 0.3) is 0 Å². The molecule has 0 saturated carbocycles. The highest BCUT2D eigenvalue weighted by molar-refractivity contribution is 9.10. The van der Waals surface area contributed by atoms with E-state index in [0.29, 0.717) is 6.04 Å². The molecule has 0 bridgehead atoms. The summed E-state index contributed by atoms with van der Waals surface area (Å²) in [6.45, 7) is 4.27. The lowest BCUT2D eigenvalue weighted by atomic mass is 10.0. The van der Waals surface area contributed by atoms with E-state index in [0.717, 1.165) is 17.6 Å². The van der Waals surface area contributed by atoms with Crippen molar-refractivity contribution >= 4 is 21.6 Å². The van der Waals surface area contributed by atoms with Gasteiger partial charge in [0.05, 0.1) is 0 Å². The average molecular weight is 326 g/mol. The van der Waals surface area contributed by atoms with Crippen LogP contribution in [0.4, 0.5) is 5.69 Å². The molecule has 0 aliphatic carbocycles. The molecule has 1 aliphatic heterocycles. The topological polar surface area (TPSA) is 32.5 Å². The molecule has 1 saturated heterocycles. The summed E-state index contributed by atoms with van der Waals surface area (Å²) in [7, 11) is 4.34. The van der Waals surface area contributed by atoms with E-state index in [1.54, 1.807) is 0 Å². The normalized spacial score (nSPS) is 21.8. The first-order chi connectivity index (χ1) is 8.99. The monoisotopic (exact) mass is 325 g/mol. The molecule has 1 heterocycles. The Morgan fingerprint density at radius 3 is 2.74 bits per heavy atom. The predicted molar refractivity (Wildman–Crippen MR) is 85.7 cm³/mol. The second-order valence-electron chi connectivity index (χ2n) is 5.70. The van der Waals surface area contributed by atoms with Gasteiger partial charge in [-0.25, -0.2) is 0 Å². The maximum absolute atomic E-state index is 5.95. The van der Waals surface area contributed by atoms with Crippen LogP contribution in [0.1, 0.15) is 31.4 Å². The molecule has 19 heavy (non-hydrogen) atoms. The number of hydrogen-bond acceptors (Lipinski definition) is 3. The van der Waals surface area contributed by atoms with Crippen molar-refractivity contribution in [2.24, 2.45) is 5.73 Å². The lowest BCUT2D eigenvalue weighted by molar-refractivity contribution is 0.258. The number of nitrogens with two attached hydrogens (primary N) is 1. The minimum absolute atomic E-state index is 0.0688. The van der Waals surface area contributed by atoms with Gasteiger partial charge in [-0.2, -0.15) is 0 Å². The fourth-order valence-corrected chi connectivity index (χ4v) is 3.42. The van der Waals surface area contributed by atoms with E-state index in [1.807, 2.05) is 6.92 Å². The molecule has 2 unspecified atom stereocenters. The number of hydrogen-bond donors (Lipinski definition) is 1. The second-order valence-corrected chi connectivity index (χ2v) is 6.55.